The average Bonchev–Trinajstić information content (AvgIpc) is 2.65. The predicted molar refractivity (Wildman–Crippen MR) is 110 cm³/mol. The van der Waals surface area contributed by atoms with E-state index in [0.717, 1.165) is 49.3 Å². The summed E-state index contributed by atoms with van der Waals surface area (Å²) in [4.78, 5) is 0. The Morgan fingerprint density at radius 1 is 1.30 bits per heavy atom. The van der Waals surface area contributed by atoms with E-state index in [-0.39, 0.29) is 5.82 Å². The van der Waals surface area contributed by atoms with E-state index < -0.39 is 6.23 Å². The quantitative estimate of drug-likeness (QED) is 0.520. The van der Waals surface area contributed by atoms with Gasteiger partial charge in [0.15, 0.2) is 6.23 Å². The SMILES string of the molecule is CC/C=C(\CC)NC(Oc1cc(F)cc(Br)c1)c1ccc2c(c1)OCCC2. The second-order valence-electron chi connectivity index (χ2n) is 6.56. The molecule has 1 unspecified atom stereocenters. The van der Waals surface area contributed by atoms with Gasteiger partial charge in [-0.3, -0.25) is 0 Å². The van der Waals surface area contributed by atoms with Crippen LogP contribution in [0.5, 0.6) is 11.5 Å². The third-order valence-electron chi connectivity index (χ3n) is 4.48. The van der Waals surface area contributed by atoms with Crippen LogP contribution in [0.2, 0.25) is 0 Å². The summed E-state index contributed by atoms with van der Waals surface area (Å²) in [6.45, 7) is 4.94. The van der Waals surface area contributed by atoms with Gasteiger partial charge in [-0.15, -0.1) is 0 Å². The van der Waals surface area contributed by atoms with E-state index >= 15 is 0 Å². The third-order valence-corrected chi connectivity index (χ3v) is 4.94. The van der Waals surface area contributed by atoms with Crippen LogP contribution in [-0.2, 0) is 6.42 Å². The van der Waals surface area contributed by atoms with Crippen LogP contribution >= 0.6 is 15.9 Å². The maximum Gasteiger partial charge on any atom is 0.196 e. The Morgan fingerprint density at radius 2 is 2.15 bits per heavy atom. The lowest BCUT2D eigenvalue weighted by molar-refractivity contribution is 0.176. The Hall–Kier alpha value is -2.01. The largest absolute Gasteiger partial charge is 0.493 e. The molecule has 0 aromatic heterocycles. The topological polar surface area (TPSA) is 30.5 Å². The number of fused-ring (bicyclic) bond motifs is 1. The molecule has 0 amide bonds. The van der Waals surface area contributed by atoms with Crippen LogP contribution in [0, 0.1) is 5.82 Å². The Morgan fingerprint density at radius 3 is 2.89 bits per heavy atom. The maximum absolute atomic E-state index is 13.8. The summed E-state index contributed by atoms with van der Waals surface area (Å²) in [6.07, 6.45) is 5.58. The minimum atomic E-state index is -0.438. The van der Waals surface area contributed by atoms with Gasteiger partial charge in [-0.25, -0.2) is 4.39 Å². The summed E-state index contributed by atoms with van der Waals surface area (Å²) in [5.41, 5.74) is 3.26. The van der Waals surface area contributed by atoms with Crippen molar-refractivity contribution in [3.05, 3.63) is 69.6 Å². The van der Waals surface area contributed by atoms with E-state index in [2.05, 4.69) is 53.3 Å². The van der Waals surface area contributed by atoms with Gasteiger partial charge in [0.2, 0.25) is 0 Å². The lowest BCUT2D eigenvalue weighted by atomic mass is 10.0. The Bertz CT molecular complexity index is 802. The molecule has 2 aromatic carbocycles. The van der Waals surface area contributed by atoms with Crippen LogP contribution in [0.1, 0.15) is 50.5 Å². The number of hydrogen-bond acceptors (Lipinski definition) is 3. The highest BCUT2D eigenvalue weighted by atomic mass is 79.9. The van der Waals surface area contributed by atoms with Crippen LogP contribution in [0.3, 0.4) is 0 Å². The van der Waals surface area contributed by atoms with Crippen molar-refractivity contribution in [1.82, 2.24) is 5.32 Å². The molecule has 1 N–H and O–H groups in total. The van der Waals surface area contributed by atoms with Crippen molar-refractivity contribution >= 4 is 15.9 Å². The first-order chi connectivity index (χ1) is 13.1. The molecule has 5 heteroatoms. The van der Waals surface area contributed by atoms with Crippen LogP contribution in [0.15, 0.2) is 52.6 Å². The smallest absolute Gasteiger partial charge is 0.196 e. The van der Waals surface area contributed by atoms with E-state index in [1.807, 2.05) is 6.07 Å². The highest BCUT2D eigenvalue weighted by Gasteiger charge is 2.19. The summed E-state index contributed by atoms with van der Waals surface area (Å²) < 4.78 is 26.4. The number of hydrogen-bond donors (Lipinski definition) is 1. The molecule has 1 atom stereocenters. The first-order valence-corrected chi connectivity index (χ1v) is 10.2. The molecule has 3 rings (SSSR count). The van der Waals surface area contributed by atoms with E-state index in [1.54, 1.807) is 6.07 Å². The Labute approximate surface area is 168 Å². The first kappa shape index (κ1) is 19.7. The van der Waals surface area contributed by atoms with Gasteiger partial charge in [-0.2, -0.15) is 0 Å². The van der Waals surface area contributed by atoms with Crippen LogP contribution in [-0.4, -0.2) is 6.61 Å². The standard InChI is InChI=1S/C22H25BrFNO2/c1-3-6-19(4-2)25-22(27-20-13-17(23)12-18(24)14-20)16-9-8-15-7-5-10-26-21(15)11-16/h6,8-9,11-14,22,25H,3-5,7,10H2,1-2H3/b19-6+. The Balaban J connectivity index is 1.92. The number of nitrogens with one attached hydrogen (secondary N) is 1. The second kappa shape index (κ2) is 9.27. The van der Waals surface area contributed by atoms with Gasteiger partial charge in [0, 0.05) is 21.8 Å². The summed E-state index contributed by atoms with van der Waals surface area (Å²) in [6, 6.07) is 10.7. The first-order valence-electron chi connectivity index (χ1n) is 9.43. The van der Waals surface area contributed by atoms with Gasteiger partial charge in [0.25, 0.3) is 0 Å². The fraction of sp³-hybridized carbons (Fsp3) is 0.364. The number of ether oxygens (including phenoxy) is 2. The summed E-state index contributed by atoms with van der Waals surface area (Å²) in [5, 5.41) is 3.46. The monoisotopic (exact) mass is 433 g/mol. The second-order valence-corrected chi connectivity index (χ2v) is 7.47. The molecule has 1 aliphatic heterocycles. The molecule has 0 radical (unpaired) electrons. The number of allylic oxidation sites excluding steroid dienone is 2. The Kier molecular flexibility index (Phi) is 6.78. The maximum atomic E-state index is 13.8. The minimum Gasteiger partial charge on any atom is -0.493 e. The number of aryl methyl sites for hydroxylation is 1. The van der Waals surface area contributed by atoms with E-state index in [0.29, 0.717) is 10.2 Å². The molecule has 2 aromatic rings. The van der Waals surface area contributed by atoms with E-state index in [1.165, 1.54) is 17.7 Å². The zero-order chi connectivity index (χ0) is 19.2. The number of halogens is 2. The summed E-state index contributed by atoms with van der Waals surface area (Å²) in [7, 11) is 0. The van der Waals surface area contributed by atoms with Crippen molar-refractivity contribution in [3.8, 4) is 11.5 Å². The van der Waals surface area contributed by atoms with Crippen LogP contribution < -0.4 is 14.8 Å². The van der Waals surface area contributed by atoms with Gasteiger partial charge in [0.05, 0.1) is 6.61 Å². The van der Waals surface area contributed by atoms with Gasteiger partial charge in [-0.1, -0.05) is 48.0 Å². The number of benzene rings is 2. The lowest BCUT2D eigenvalue weighted by Gasteiger charge is -2.25. The zero-order valence-corrected chi connectivity index (χ0v) is 17.3. The molecule has 3 nitrogen and oxygen atoms in total. The molecular weight excluding hydrogens is 409 g/mol. The van der Waals surface area contributed by atoms with Gasteiger partial charge in [-0.05, 0) is 49.4 Å². The summed E-state index contributed by atoms with van der Waals surface area (Å²) in [5.74, 6) is 1.03. The fourth-order valence-electron chi connectivity index (χ4n) is 3.15. The van der Waals surface area contributed by atoms with Crippen LogP contribution in [0.4, 0.5) is 4.39 Å². The molecule has 0 spiro atoms. The molecule has 0 aliphatic carbocycles. The summed E-state index contributed by atoms with van der Waals surface area (Å²) >= 11 is 3.33. The van der Waals surface area contributed by atoms with Gasteiger partial charge >= 0.3 is 0 Å². The highest BCUT2D eigenvalue weighted by Crippen LogP contribution is 2.31. The minimum absolute atomic E-state index is 0.341. The molecule has 0 saturated heterocycles. The predicted octanol–water partition coefficient (Wildman–Crippen LogP) is 6.28. The van der Waals surface area contributed by atoms with Gasteiger partial charge < -0.3 is 14.8 Å². The van der Waals surface area contributed by atoms with Crippen molar-refractivity contribution in [2.45, 2.75) is 45.8 Å². The third kappa shape index (κ3) is 5.25. The molecule has 0 bridgehead atoms. The molecular formula is C22H25BrFNO2. The molecule has 144 valence electrons. The van der Waals surface area contributed by atoms with Crippen molar-refractivity contribution < 1.29 is 13.9 Å². The van der Waals surface area contributed by atoms with Crippen molar-refractivity contribution in [3.63, 3.8) is 0 Å². The van der Waals surface area contributed by atoms with E-state index in [9.17, 15) is 4.39 Å². The van der Waals surface area contributed by atoms with Crippen molar-refractivity contribution in [1.29, 1.82) is 0 Å². The van der Waals surface area contributed by atoms with E-state index in [4.69, 9.17) is 9.47 Å². The lowest BCUT2D eigenvalue weighted by Crippen LogP contribution is -2.26. The number of rotatable bonds is 7. The van der Waals surface area contributed by atoms with Crippen molar-refractivity contribution in [2.24, 2.45) is 0 Å². The fourth-order valence-corrected chi connectivity index (χ4v) is 3.60. The highest BCUT2D eigenvalue weighted by molar-refractivity contribution is 9.10. The molecule has 27 heavy (non-hydrogen) atoms. The molecule has 1 aliphatic rings. The molecule has 1 heterocycles. The van der Waals surface area contributed by atoms with Crippen LogP contribution in [0.25, 0.3) is 0 Å². The molecule has 0 saturated carbocycles. The van der Waals surface area contributed by atoms with Gasteiger partial charge in [0.1, 0.15) is 17.3 Å². The molecule has 0 fully saturated rings. The average molecular weight is 434 g/mol. The van der Waals surface area contributed by atoms with Crippen molar-refractivity contribution in [2.75, 3.05) is 6.61 Å². The zero-order valence-electron chi connectivity index (χ0n) is 15.7. The normalized spacial score (nSPS) is 14.9.